The van der Waals surface area contributed by atoms with E-state index in [2.05, 4.69) is 0 Å². The maximum Gasteiger partial charge on any atom is 0.341 e. The molecule has 0 radical (unpaired) electrons. The highest BCUT2D eigenvalue weighted by molar-refractivity contribution is 7.98. The molecule has 2 aliphatic rings. The number of methoxy groups -OCH3 is 1. The van der Waals surface area contributed by atoms with E-state index in [0.717, 1.165) is 24.3 Å². The Bertz CT molecular complexity index is 891. The molecule has 0 bridgehead atoms. The van der Waals surface area contributed by atoms with Crippen LogP contribution in [0.15, 0.2) is 45.9 Å². The Morgan fingerprint density at radius 2 is 1.97 bits per heavy atom. The van der Waals surface area contributed by atoms with Crippen LogP contribution in [0.3, 0.4) is 0 Å². The third kappa shape index (κ3) is 4.55. The third-order valence-electron chi connectivity index (χ3n) is 5.40. The van der Waals surface area contributed by atoms with Crippen molar-refractivity contribution in [3.05, 3.63) is 53.5 Å². The minimum absolute atomic E-state index is 0.00781. The Kier molecular flexibility index (Phi) is 6.76. The molecule has 2 aromatic rings. The van der Waals surface area contributed by atoms with Gasteiger partial charge >= 0.3 is 5.97 Å². The fraction of sp³-hybridized carbons (Fsp3) is 0.455. The van der Waals surface area contributed by atoms with E-state index in [1.54, 1.807) is 6.07 Å². The number of esters is 1. The van der Waals surface area contributed by atoms with Crippen molar-refractivity contribution in [3.63, 3.8) is 0 Å². The number of amides is 1. The molecule has 0 saturated carbocycles. The smallest absolute Gasteiger partial charge is 0.341 e. The highest BCUT2D eigenvalue weighted by Crippen LogP contribution is 2.31. The lowest BCUT2D eigenvalue weighted by molar-refractivity contribution is -0.0969. The number of hydrogen-bond donors (Lipinski definition) is 0. The zero-order valence-electron chi connectivity index (χ0n) is 16.9. The van der Waals surface area contributed by atoms with Crippen molar-refractivity contribution in [2.75, 3.05) is 33.4 Å². The molecule has 8 heteroatoms. The van der Waals surface area contributed by atoms with Gasteiger partial charge in [0.15, 0.2) is 6.29 Å². The molecule has 1 aromatic carbocycles. The Balaban J connectivity index is 1.45. The lowest BCUT2D eigenvalue weighted by atomic mass is 9.96. The van der Waals surface area contributed by atoms with E-state index in [1.807, 2.05) is 29.2 Å². The monoisotopic (exact) mass is 431 g/mol. The van der Waals surface area contributed by atoms with Gasteiger partial charge in [0.25, 0.3) is 5.91 Å². The molecule has 0 spiro atoms. The van der Waals surface area contributed by atoms with E-state index in [4.69, 9.17) is 18.6 Å². The van der Waals surface area contributed by atoms with Crippen LogP contribution in [0.4, 0.5) is 0 Å². The molecule has 1 amide bonds. The van der Waals surface area contributed by atoms with Crippen molar-refractivity contribution in [1.82, 2.24) is 4.90 Å². The fourth-order valence-electron chi connectivity index (χ4n) is 3.89. The van der Waals surface area contributed by atoms with Gasteiger partial charge in [-0.15, -0.1) is 11.8 Å². The predicted molar refractivity (Wildman–Crippen MR) is 110 cm³/mol. The third-order valence-corrected chi connectivity index (χ3v) is 6.48. The summed E-state index contributed by atoms with van der Waals surface area (Å²) in [6, 6.07) is 9.14. The number of thioether (sulfide) groups is 1. The first kappa shape index (κ1) is 21.0. The van der Waals surface area contributed by atoms with Crippen LogP contribution in [-0.4, -0.2) is 56.5 Å². The largest absolute Gasteiger partial charge is 0.468 e. The van der Waals surface area contributed by atoms with Crippen molar-refractivity contribution >= 4 is 23.6 Å². The second kappa shape index (κ2) is 9.68. The molecule has 160 valence electrons. The van der Waals surface area contributed by atoms with Crippen molar-refractivity contribution in [2.45, 2.75) is 29.8 Å². The van der Waals surface area contributed by atoms with Gasteiger partial charge in [-0.2, -0.15) is 0 Å². The lowest BCUT2D eigenvalue weighted by Gasteiger charge is -2.35. The van der Waals surface area contributed by atoms with Gasteiger partial charge in [0.2, 0.25) is 0 Å². The number of hydrogen-bond acceptors (Lipinski definition) is 7. The van der Waals surface area contributed by atoms with Gasteiger partial charge in [-0.25, -0.2) is 4.79 Å². The number of benzene rings is 1. The second-order valence-electron chi connectivity index (χ2n) is 7.30. The second-order valence-corrected chi connectivity index (χ2v) is 8.31. The molecule has 2 aliphatic heterocycles. The van der Waals surface area contributed by atoms with Crippen LogP contribution in [0.2, 0.25) is 0 Å². The van der Waals surface area contributed by atoms with Crippen LogP contribution in [0.1, 0.15) is 39.3 Å². The molecule has 3 heterocycles. The highest BCUT2D eigenvalue weighted by atomic mass is 32.2. The minimum atomic E-state index is -0.431. The average Bonchev–Trinajstić information content (AvgIpc) is 3.49. The first-order valence-corrected chi connectivity index (χ1v) is 11.0. The number of rotatable bonds is 6. The van der Waals surface area contributed by atoms with Crippen LogP contribution in [0.25, 0.3) is 0 Å². The number of likely N-dealkylation sites (tertiary alicyclic amines) is 1. The summed E-state index contributed by atoms with van der Waals surface area (Å²) in [5, 5.41) is 0. The number of piperidine rings is 1. The van der Waals surface area contributed by atoms with Crippen LogP contribution in [0.5, 0.6) is 0 Å². The molecule has 0 N–H and O–H groups in total. The predicted octanol–water partition coefficient (Wildman–Crippen LogP) is 3.58. The zero-order chi connectivity index (χ0) is 20.9. The maximum atomic E-state index is 13.3. The quantitative estimate of drug-likeness (QED) is 0.511. The molecule has 2 saturated heterocycles. The van der Waals surface area contributed by atoms with Crippen molar-refractivity contribution < 1.29 is 28.2 Å². The van der Waals surface area contributed by atoms with E-state index >= 15 is 0 Å². The van der Waals surface area contributed by atoms with E-state index < -0.39 is 5.97 Å². The summed E-state index contributed by atoms with van der Waals surface area (Å²) in [6.45, 7) is 2.60. The number of ether oxygens (including phenoxy) is 3. The fourth-order valence-corrected chi connectivity index (χ4v) is 4.89. The normalized spacial score (nSPS) is 19.8. The Morgan fingerprint density at radius 3 is 2.77 bits per heavy atom. The summed E-state index contributed by atoms with van der Waals surface area (Å²) in [6.07, 6.45) is 3.20. The van der Waals surface area contributed by atoms with Gasteiger partial charge < -0.3 is 23.5 Å². The van der Waals surface area contributed by atoms with Gasteiger partial charge in [0.05, 0.1) is 37.9 Å². The van der Waals surface area contributed by atoms with Crippen molar-refractivity contribution in [2.24, 2.45) is 5.92 Å². The Hall–Kier alpha value is -2.29. The summed E-state index contributed by atoms with van der Waals surface area (Å²) in [7, 11) is 1.34. The van der Waals surface area contributed by atoms with Gasteiger partial charge in [-0.3, -0.25) is 4.79 Å². The summed E-state index contributed by atoms with van der Waals surface area (Å²) in [5.41, 5.74) is 1.06. The maximum absolute atomic E-state index is 13.3. The number of carbonyl (C=O) groups excluding carboxylic acids is 2. The molecule has 1 aromatic heterocycles. The van der Waals surface area contributed by atoms with Crippen LogP contribution >= 0.6 is 11.8 Å². The van der Waals surface area contributed by atoms with Crippen LogP contribution in [-0.2, 0) is 20.0 Å². The highest BCUT2D eigenvalue weighted by Gasteiger charge is 2.33. The van der Waals surface area contributed by atoms with Crippen LogP contribution < -0.4 is 0 Å². The van der Waals surface area contributed by atoms with E-state index in [1.165, 1.54) is 25.1 Å². The lowest BCUT2D eigenvalue weighted by Crippen LogP contribution is -2.44. The summed E-state index contributed by atoms with van der Waals surface area (Å²) >= 11 is 1.47. The SMILES string of the molecule is COC(=O)c1ccoc1CSc1ccccc1C(=O)N1CCCC(C2OCCO2)C1. The molecule has 4 rings (SSSR count). The minimum Gasteiger partial charge on any atom is -0.468 e. The molecule has 30 heavy (non-hydrogen) atoms. The first-order chi connectivity index (χ1) is 14.7. The zero-order valence-corrected chi connectivity index (χ0v) is 17.7. The Morgan fingerprint density at radius 1 is 1.17 bits per heavy atom. The standard InChI is InChI=1S/C22H25NO6S/c1-26-21(25)16-8-10-27-18(16)14-30-19-7-3-2-6-17(19)20(24)23-9-4-5-15(13-23)22-28-11-12-29-22/h2-3,6-8,10,15,22H,4-5,9,11-14H2,1H3. The molecular weight excluding hydrogens is 406 g/mol. The summed E-state index contributed by atoms with van der Waals surface area (Å²) in [5.74, 6) is 0.736. The van der Waals surface area contributed by atoms with E-state index in [0.29, 0.717) is 42.4 Å². The number of furan rings is 1. The van der Waals surface area contributed by atoms with Gasteiger partial charge in [0, 0.05) is 23.9 Å². The first-order valence-electron chi connectivity index (χ1n) is 10.1. The van der Waals surface area contributed by atoms with Crippen molar-refractivity contribution in [1.29, 1.82) is 0 Å². The molecule has 1 atom stereocenters. The molecule has 2 fully saturated rings. The molecular formula is C22H25NO6S. The summed E-state index contributed by atoms with van der Waals surface area (Å²) in [4.78, 5) is 27.9. The average molecular weight is 432 g/mol. The Labute approximate surface area is 179 Å². The van der Waals surface area contributed by atoms with Gasteiger partial charge in [-0.05, 0) is 31.0 Å². The van der Waals surface area contributed by atoms with Gasteiger partial charge in [0.1, 0.15) is 11.3 Å². The topological polar surface area (TPSA) is 78.2 Å². The van der Waals surface area contributed by atoms with Gasteiger partial charge in [-0.1, -0.05) is 12.1 Å². The number of carbonyl (C=O) groups is 2. The molecule has 1 unspecified atom stereocenters. The van der Waals surface area contributed by atoms with E-state index in [9.17, 15) is 9.59 Å². The molecule has 7 nitrogen and oxygen atoms in total. The molecule has 0 aliphatic carbocycles. The van der Waals surface area contributed by atoms with E-state index in [-0.39, 0.29) is 18.1 Å². The number of nitrogens with zero attached hydrogens (tertiary/aromatic N) is 1. The van der Waals surface area contributed by atoms with Crippen molar-refractivity contribution in [3.8, 4) is 0 Å². The summed E-state index contributed by atoms with van der Waals surface area (Å²) < 4.78 is 21.6. The van der Waals surface area contributed by atoms with Crippen LogP contribution in [0, 0.1) is 5.92 Å².